The van der Waals surface area contributed by atoms with Crippen molar-refractivity contribution in [3.63, 3.8) is 0 Å². The smallest absolute Gasteiger partial charge is 0.240 e. The lowest BCUT2D eigenvalue weighted by atomic mass is 10.1. The molecule has 0 bridgehead atoms. The number of anilines is 2. The van der Waals surface area contributed by atoms with Gasteiger partial charge < -0.3 is 15.4 Å². The molecule has 0 unspecified atom stereocenters. The monoisotopic (exact) mass is 283 g/mol. The van der Waals surface area contributed by atoms with E-state index in [4.69, 9.17) is 10.5 Å². The van der Waals surface area contributed by atoms with E-state index in [0.29, 0.717) is 11.4 Å². The van der Waals surface area contributed by atoms with Gasteiger partial charge >= 0.3 is 0 Å². The predicted octanol–water partition coefficient (Wildman–Crippen LogP) is 2.05. The van der Waals surface area contributed by atoms with Crippen LogP contribution in [0.2, 0.25) is 0 Å². The number of rotatable bonds is 3. The molecule has 0 aliphatic carbocycles. The number of nitrogens with two attached hydrogens (primary N) is 1. The summed E-state index contributed by atoms with van der Waals surface area (Å²) in [5.74, 6) is 0.869. The quantitative estimate of drug-likeness (QED) is 0.796. The molecule has 0 aliphatic heterocycles. The number of hydrogen-bond acceptors (Lipinski definition) is 5. The van der Waals surface area contributed by atoms with Crippen LogP contribution in [0.15, 0.2) is 36.4 Å². The Morgan fingerprint density at radius 3 is 2.62 bits per heavy atom. The molecule has 3 aromatic rings. The van der Waals surface area contributed by atoms with Crippen LogP contribution in [-0.4, -0.2) is 35.8 Å². The van der Waals surface area contributed by atoms with Crippen molar-refractivity contribution in [2.75, 3.05) is 31.8 Å². The lowest BCUT2D eigenvalue weighted by Gasteiger charge is -2.18. The third-order valence-corrected chi connectivity index (χ3v) is 3.35. The maximum atomic E-state index is 5.75. The molecule has 1 aromatic carbocycles. The number of para-hydroxylation sites is 1. The van der Waals surface area contributed by atoms with Gasteiger partial charge in [-0.15, -0.1) is 5.10 Å². The fourth-order valence-corrected chi connectivity index (χ4v) is 2.40. The van der Waals surface area contributed by atoms with Gasteiger partial charge in [-0.25, -0.2) is 4.52 Å². The first-order chi connectivity index (χ1) is 10.1. The van der Waals surface area contributed by atoms with E-state index in [1.165, 1.54) is 0 Å². The molecule has 3 rings (SSSR count). The number of aromatic nitrogens is 3. The molecule has 108 valence electrons. The van der Waals surface area contributed by atoms with E-state index in [1.54, 1.807) is 11.6 Å². The van der Waals surface area contributed by atoms with Gasteiger partial charge in [-0.2, -0.15) is 4.98 Å². The maximum absolute atomic E-state index is 5.75. The maximum Gasteiger partial charge on any atom is 0.240 e. The molecule has 6 heteroatoms. The Bertz CT molecular complexity index is 794. The standard InChI is InChI=1S/C15H17N5O/c1-19(2)11-7-5-4-6-10(11)12-8-9-13(21-3)14-17-15(16)18-20(12)14/h4-9H,1-3H3,(H2,16,18). The molecule has 0 saturated carbocycles. The molecular weight excluding hydrogens is 266 g/mol. The lowest BCUT2D eigenvalue weighted by Crippen LogP contribution is -2.10. The molecule has 6 nitrogen and oxygen atoms in total. The van der Waals surface area contributed by atoms with Crippen molar-refractivity contribution in [1.29, 1.82) is 0 Å². The zero-order valence-corrected chi connectivity index (χ0v) is 12.2. The molecule has 0 fully saturated rings. The fraction of sp³-hybridized carbons (Fsp3) is 0.200. The molecule has 0 saturated heterocycles. The van der Waals surface area contributed by atoms with Crippen LogP contribution in [0.5, 0.6) is 5.75 Å². The number of nitrogen functional groups attached to an aromatic ring is 1. The zero-order chi connectivity index (χ0) is 15.0. The summed E-state index contributed by atoms with van der Waals surface area (Å²) in [4.78, 5) is 6.30. The Kier molecular flexibility index (Phi) is 3.13. The second-order valence-electron chi connectivity index (χ2n) is 4.90. The molecule has 0 spiro atoms. The first-order valence-electron chi connectivity index (χ1n) is 6.58. The number of methoxy groups -OCH3 is 1. The molecule has 0 amide bonds. The summed E-state index contributed by atoms with van der Waals surface area (Å²) in [6.45, 7) is 0. The summed E-state index contributed by atoms with van der Waals surface area (Å²) in [6.07, 6.45) is 0. The van der Waals surface area contributed by atoms with E-state index >= 15 is 0 Å². The van der Waals surface area contributed by atoms with Crippen molar-refractivity contribution in [3.05, 3.63) is 36.4 Å². The van der Waals surface area contributed by atoms with Crippen LogP contribution in [0.3, 0.4) is 0 Å². The summed E-state index contributed by atoms with van der Waals surface area (Å²) >= 11 is 0. The highest BCUT2D eigenvalue weighted by Gasteiger charge is 2.15. The minimum Gasteiger partial charge on any atom is -0.493 e. The van der Waals surface area contributed by atoms with Crippen molar-refractivity contribution in [3.8, 4) is 17.0 Å². The van der Waals surface area contributed by atoms with Crippen molar-refractivity contribution in [1.82, 2.24) is 14.6 Å². The van der Waals surface area contributed by atoms with Crippen molar-refractivity contribution in [2.45, 2.75) is 0 Å². The number of nitrogens with zero attached hydrogens (tertiary/aromatic N) is 4. The van der Waals surface area contributed by atoms with E-state index in [-0.39, 0.29) is 5.95 Å². The molecule has 2 aromatic heterocycles. The van der Waals surface area contributed by atoms with Gasteiger partial charge in [0.15, 0.2) is 11.4 Å². The molecule has 0 radical (unpaired) electrons. The van der Waals surface area contributed by atoms with E-state index < -0.39 is 0 Å². The Balaban J connectivity index is 2.31. The summed E-state index contributed by atoms with van der Waals surface area (Å²) in [5, 5.41) is 4.28. The number of pyridine rings is 1. The van der Waals surface area contributed by atoms with Gasteiger partial charge in [-0.05, 0) is 18.2 Å². The van der Waals surface area contributed by atoms with E-state index in [9.17, 15) is 0 Å². The van der Waals surface area contributed by atoms with E-state index in [1.807, 2.05) is 38.4 Å². The highest BCUT2D eigenvalue weighted by Crippen LogP contribution is 2.32. The normalized spacial score (nSPS) is 10.8. The van der Waals surface area contributed by atoms with Gasteiger partial charge in [-0.3, -0.25) is 0 Å². The number of ether oxygens (including phenoxy) is 1. The Morgan fingerprint density at radius 1 is 1.14 bits per heavy atom. The van der Waals surface area contributed by atoms with E-state index in [0.717, 1.165) is 16.9 Å². The largest absolute Gasteiger partial charge is 0.493 e. The minimum atomic E-state index is 0.225. The zero-order valence-electron chi connectivity index (χ0n) is 12.2. The topological polar surface area (TPSA) is 68.7 Å². The van der Waals surface area contributed by atoms with Crippen molar-refractivity contribution in [2.24, 2.45) is 0 Å². The fourth-order valence-electron chi connectivity index (χ4n) is 2.40. The van der Waals surface area contributed by atoms with Crippen LogP contribution in [0, 0.1) is 0 Å². The third kappa shape index (κ3) is 2.14. The molecule has 2 heterocycles. The average Bonchev–Trinajstić information content (AvgIpc) is 2.87. The van der Waals surface area contributed by atoms with Gasteiger partial charge in [0.2, 0.25) is 5.95 Å². The predicted molar refractivity (Wildman–Crippen MR) is 83.7 cm³/mol. The lowest BCUT2D eigenvalue weighted by molar-refractivity contribution is 0.416. The first kappa shape index (κ1) is 13.2. The number of benzene rings is 1. The van der Waals surface area contributed by atoms with Crippen LogP contribution >= 0.6 is 0 Å². The number of hydrogen-bond donors (Lipinski definition) is 1. The van der Waals surface area contributed by atoms with Crippen LogP contribution < -0.4 is 15.4 Å². The first-order valence-corrected chi connectivity index (χ1v) is 6.58. The van der Waals surface area contributed by atoms with Crippen LogP contribution in [0.4, 0.5) is 11.6 Å². The molecule has 21 heavy (non-hydrogen) atoms. The third-order valence-electron chi connectivity index (χ3n) is 3.35. The van der Waals surface area contributed by atoms with E-state index in [2.05, 4.69) is 27.1 Å². The SMILES string of the molecule is COc1ccc(-c2ccccc2N(C)C)n2nc(N)nc12. The van der Waals surface area contributed by atoms with Crippen LogP contribution in [-0.2, 0) is 0 Å². The van der Waals surface area contributed by atoms with Crippen molar-refractivity contribution >= 4 is 17.3 Å². The Labute approximate surface area is 122 Å². The minimum absolute atomic E-state index is 0.225. The van der Waals surface area contributed by atoms with Gasteiger partial charge in [0, 0.05) is 25.3 Å². The Hall–Kier alpha value is -2.76. The highest BCUT2D eigenvalue weighted by molar-refractivity contribution is 5.78. The van der Waals surface area contributed by atoms with Crippen LogP contribution in [0.25, 0.3) is 16.9 Å². The molecular formula is C15H17N5O. The average molecular weight is 283 g/mol. The van der Waals surface area contributed by atoms with Crippen molar-refractivity contribution < 1.29 is 4.74 Å². The summed E-state index contributed by atoms with van der Waals surface area (Å²) in [7, 11) is 5.62. The highest BCUT2D eigenvalue weighted by atomic mass is 16.5. The summed E-state index contributed by atoms with van der Waals surface area (Å²) in [5.41, 5.74) is 9.43. The summed E-state index contributed by atoms with van der Waals surface area (Å²) in [6, 6.07) is 12.0. The second-order valence-corrected chi connectivity index (χ2v) is 4.90. The van der Waals surface area contributed by atoms with Crippen LogP contribution in [0.1, 0.15) is 0 Å². The number of fused-ring (bicyclic) bond motifs is 1. The second kappa shape index (κ2) is 4.97. The molecule has 0 atom stereocenters. The van der Waals surface area contributed by atoms with Gasteiger partial charge in [0.1, 0.15) is 0 Å². The van der Waals surface area contributed by atoms with Gasteiger partial charge in [0.05, 0.1) is 12.8 Å². The molecule has 0 aliphatic rings. The summed E-state index contributed by atoms with van der Waals surface area (Å²) < 4.78 is 7.04. The van der Waals surface area contributed by atoms with Gasteiger partial charge in [0.25, 0.3) is 0 Å². The Morgan fingerprint density at radius 2 is 1.90 bits per heavy atom. The molecule has 2 N–H and O–H groups in total. The van der Waals surface area contributed by atoms with Gasteiger partial charge in [-0.1, -0.05) is 18.2 Å².